The molecule has 10 heavy (non-hydrogen) atoms. The fraction of sp³-hybridized carbons (Fsp3) is 0.571. The summed E-state index contributed by atoms with van der Waals surface area (Å²) in [5.41, 5.74) is 5.59. The van der Waals surface area contributed by atoms with Crippen LogP contribution in [0, 0.1) is 0 Å². The number of carbonyl (C=O) groups is 1. The lowest BCUT2D eigenvalue weighted by Gasteiger charge is -1.96. The van der Waals surface area contributed by atoms with E-state index in [1.165, 1.54) is 0 Å². The van der Waals surface area contributed by atoms with Crippen molar-refractivity contribution in [1.29, 1.82) is 0 Å². The van der Waals surface area contributed by atoms with E-state index in [1.807, 2.05) is 6.92 Å². The van der Waals surface area contributed by atoms with Crippen molar-refractivity contribution in [3.63, 3.8) is 0 Å². The molecule has 0 heterocycles. The van der Waals surface area contributed by atoms with Crippen LogP contribution in [0.2, 0.25) is 0 Å². The highest BCUT2D eigenvalue weighted by Crippen LogP contribution is 1.99. The third kappa shape index (κ3) is 3.25. The number of hydrogen-bond donors (Lipinski definition) is 2. The molecular weight excluding hydrogens is 130 g/mol. The SMILES string of the molecule is CCC(=CCCO)C(N)=O. The van der Waals surface area contributed by atoms with E-state index in [4.69, 9.17) is 10.8 Å². The van der Waals surface area contributed by atoms with Crippen LogP contribution in [-0.2, 0) is 4.79 Å². The van der Waals surface area contributed by atoms with Crippen LogP contribution in [0.4, 0.5) is 0 Å². The first-order valence-corrected chi connectivity index (χ1v) is 3.32. The molecule has 0 bridgehead atoms. The number of nitrogens with two attached hydrogens (primary N) is 1. The summed E-state index contributed by atoms with van der Waals surface area (Å²) in [5.74, 6) is -0.393. The highest BCUT2D eigenvalue weighted by molar-refractivity contribution is 5.91. The summed E-state index contributed by atoms with van der Waals surface area (Å²) in [5, 5.41) is 8.40. The van der Waals surface area contributed by atoms with Gasteiger partial charge in [-0.05, 0) is 12.8 Å². The Kier molecular flexibility index (Phi) is 4.58. The topological polar surface area (TPSA) is 63.3 Å². The molecule has 58 valence electrons. The molecule has 0 unspecified atom stereocenters. The Hall–Kier alpha value is -0.830. The normalized spacial score (nSPS) is 11.6. The molecule has 0 aliphatic heterocycles. The summed E-state index contributed by atoms with van der Waals surface area (Å²) in [7, 11) is 0. The molecule has 0 aromatic heterocycles. The van der Waals surface area contributed by atoms with E-state index in [-0.39, 0.29) is 6.61 Å². The fourth-order valence-corrected chi connectivity index (χ4v) is 0.658. The molecule has 0 aliphatic carbocycles. The van der Waals surface area contributed by atoms with Gasteiger partial charge in [-0.3, -0.25) is 4.79 Å². The molecule has 0 radical (unpaired) electrons. The zero-order chi connectivity index (χ0) is 7.98. The molecule has 0 saturated heterocycles. The van der Waals surface area contributed by atoms with Gasteiger partial charge in [0.1, 0.15) is 0 Å². The van der Waals surface area contributed by atoms with Crippen LogP contribution < -0.4 is 5.73 Å². The second-order valence-corrected chi connectivity index (χ2v) is 1.96. The molecule has 0 saturated carbocycles. The van der Waals surface area contributed by atoms with Crippen LogP contribution >= 0.6 is 0 Å². The number of rotatable bonds is 4. The van der Waals surface area contributed by atoms with Crippen LogP contribution in [0.5, 0.6) is 0 Å². The monoisotopic (exact) mass is 143 g/mol. The molecule has 3 heteroatoms. The number of hydrogen-bond acceptors (Lipinski definition) is 2. The lowest BCUT2D eigenvalue weighted by molar-refractivity contribution is -0.114. The van der Waals surface area contributed by atoms with E-state index in [9.17, 15) is 4.79 Å². The second kappa shape index (κ2) is 4.99. The van der Waals surface area contributed by atoms with Crippen molar-refractivity contribution >= 4 is 5.91 Å². The predicted molar refractivity (Wildman–Crippen MR) is 39.3 cm³/mol. The summed E-state index contributed by atoms with van der Waals surface area (Å²) in [6.45, 7) is 1.92. The van der Waals surface area contributed by atoms with Gasteiger partial charge < -0.3 is 10.8 Å². The number of primary amides is 1. The van der Waals surface area contributed by atoms with E-state index in [0.29, 0.717) is 18.4 Å². The zero-order valence-corrected chi connectivity index (χ0v) is 6.13. The molecule has 0 spiro atoms. The molecule has 0 aromatic rings. The van der Waals surface area contributed by atoms with Crippen molar-refractivity contribution in [2.24, 2.45) is 5.73 Å². The van der Waals surface area contributed by atoms with Crippen molar-refractivity contribution < 1.29 is 9.90 Å². The molecule has 0 aliphatic rings. The Balaban J connectivity index is 3.91. The van der Waals surface area contributed by atoms with Crippen molar-refractivity contribution in [3.05, 3.63) is 11.6 Å². The quantitative estimate of drug-likeness (QED) is 0.552. The smallest absolute Gasteiger partial charge is 0.244 e. The van der Waals surface area contributed by atoms with E-state index < -0.39 is 5.91 Å². The van der Waals surface area contributed by atoms with Crippen LogP contribution in [-0.4, -0.2) is 17.6 Å². The number of amides is 1. The first-order chi connectivity index (χ1) is 4.72. The summed E-state index contributed by atoms with van der Waals surface area (Å²) in [6, 6.07) is 0. The Bertz CT molecular complexity index is 141. The minimum atomic E-state index is -0.393. The highest BCUT2D eigenvalue weighted by Gasteiger charge is 1.98. The molecule has 1 amide bonds. The second-order valence-electron chi connectivity index (χ2n) is 1.96. The van der Waals surface area contributed by atoms with Gasteiger partial charge in [0.15, 0.2) is 0 Å². The Morgan fingerprint density at radius 1 is 1.70 bits per heavy atom. The van der Waals surface area contributed by atoms with E-state index in [1.54, 1.807) is 6.08 Å². The predicted octanol–water partition coefficient (Wildman–Crippen LogP) is 0.191. The highest BCUT2D eigenvalue weighted by atomic mass is 16.2. The van der Waals surface area contributed by atoms with Gasteiger partial charge in [0.05, 0.1) is 0 Å². The average Bonchev–Trinajstić information content (AvgIpc) is 1.89. The van der Waals surface area contributed by atoms with Crippen molar-refractivity contribution in [2.75, 3.05) is 6.61 Å². The van der Waals surface area contributed by atoms with E-state index >= 15 is 0 Å². The van der Waals surface area contributed by atoms with Gasteiger partial charge in [-0.1, -0.05) is 13.0 Å². The summed E-state index contributed by atoms with van der Waals surface area (Å²) in [6.07, 6.45) is 2.81. The summed E-state index contributed by atoms with van der Waals surface area (Å²) in [4.78, 5) is 10.5. The van der Waals surface area contributed by atoms with Gasteiger partial charge in [0.2, 0.25) is 5.91 Å². The zero-order valence-electron chi connectivity index (χ0n) is 6.13. The van der Waals surface area contributed by atoms with Crippen molar-refractivity contribution in [3.8, 4) is 0 Å². The maximum Gasteiger partial charge on any atom is 0.244 e. The number of aliphatic hydroxyl groups excluding tert-OH is 1. The average molecular weight is 143 g/mol. The Labute approximate surface area is 60.5 Å². The van der Waals surface area contributed by atoms with Crippen LogP contribution in [0.25, 0.3) is 0 Å². The van der Waals surface area contributed by atoms with Gasteiger partial charge >= 0.3 is 0 Å². The van der Waals surface area contributed by atoms with Crippen LogP contribution in [0.15, 0.2) is 11.6 Å². The fourth-order valence-electron chi connectivity index (χ4n) is 0.658. The van der Waals surface area contributed by atoms with Gasteiger partial charge in [-0.15, -0.1) is 0 Å². The maximum absolute atomic E-state index is 10.5. The minimum Gasteiger partial charge on any atom is -0.396 e. The molecule has 0 aromatic carbocycles. The third-order valence-corrected chi connectivity index (χ3v) is 1.22. The molecule has 0 atom stereocenters. The number of aliphatic hydroxyl groups is 1. The summed E-state index contributed by atoms with van der Waals surface area (Å²) < 4.78 is 0. The third-order valence-electron chi connectivity index (χ3n) is 1.22. The largest absolute Gasteiger partial charge is 0.396 e. The van der Waals surface area contributed by atoms with E-state index in [2.05, 4.69) is 0 Å². The molecule has 3 N–H and O–H groups in total. The van der Waals surface area contributed by atoms with Gasteiger partial charge in [0.25, 0.3) is 0 Å². The van der Waals surface area contributed by atoms with Crippen molar-refractivity contribution in [1.82, 2.24) is 0 Å². The standard InChI is InChI=1S/C7H13NO2/c1-2-6(7(8)10)4-3-5-9/h4,9H,2-3,5H2,1H3,(H2,8,10). The molecule has 0 rings (SSSR count). The van der Waals surface area contributed by atoms with Gasteiger partial charge in [0, 0.05) is 12.2 Å². The van der Waals surface area contributed by atoms with Crippen LogP contribution in [0.1, 0.15) is 19.8 Å². The summed E-state index contributed by atoms with van der Waals surface area (Å²) >= 11 is 0. The lowest BCUT2D eigenvalue weighted by atomic mass is 10.1. The van der Waals surface area contributed by atoms with Gasteiger partial charge in [-0.25, -0.2) is 0 Å². The molecule has 3 nitrogen and oxygen atoms in total. The Morgan fingerprint density at radius 3 is 2.60 bits per heavy atom. The minimum absolute atomic E-state index is 0.0663. The van der Waals surface area contributed by atoms with Crippen LogP contribution in [0.3, 0.4) is 0 Å². The molecule has 0 fully saturated rings. The maximum atomic E-state index is 10.5. The lowest BCUT2D eigenvalue weighted by Crippen LogP contribution is -2.13. The van der Waals surface area contributed by atoms with E-state index in [0.717, 1.165) is 0 Å². The number of carbonyl (C=O) groups excluding carboxylic acids is 1. The van der Waals surface area contributed by atoms with Crippen molar-refractivity contribution in [2.45, 2.75) is 19.8 Å². The first-order valence-electron chi connectivity index (χ1n) is 3.32. The molecular formula is C7H13NO2. The Morgan fingerprint density at radius 2 is 2.30 bits per heavy atom. The first kappa shape index (κ1) is 9.17. The van der Waals surface area contributed by atoms with Gasteiger partial charge in [-0.2, -0.15) is 0 Å².